The van der Waals surface area contributed by atoms with Crippen LogP contribution in [0.15, 0.2) is 54.6 Å². The lowest BCUT2D eigenvalue weighted by molar-refractivity contribution is -0.123. The Bertz CT molecular complexity index is 1010. The average molecular weight is 393 g/mol. The zero-order valence-electron chi connectivity index (χ0n) is 16.8. The number of carbonyl (C=O) groups excluding carboxylic acids is 2. The number of aryl methyl sites for hydroxylation is 1. The van der Waals surface area contributed by atoms with E-state index in [1.54, 1.807) is 49.9 Å². The molecular formula is C22H23N3O4. The number of amides is 1. The van der Waals surface area contributed by atoms with E-state index in [9.17, 15) is 9.59 Å². The van der Waals surface area contributed by atoms with Crippen LogP contribution < -0.4 is 10.1 Å². The zero-order chi connectivity index (χ0) is 21.0. The summed E-state index contributed by atoms with van der Waals surface area (Å²) in [6, 6.07) is 16.4. The summed E-state index contributed by atoms with van der Waals surface area (Å²) in [6.45, 7) is 5.07. The van der Waals surface area contributed by atoms with Crippen LogP contribution in [0.2, 0.25) is 0 Å². The number of hydrogen-bond acceptors (Lipinski definition) is 5. The fourth-order valence-corrected chi connectivity index (χ4v) is 2.95. The molecule has 1 N–H and O–H groups in total. The van der Waals surface area contributed by atoms with Gasteiger partial charge in [0.25, 0.3) is 5.91 Å². The Labute approximate surface area is 169 Å². The van der Waals surface area contributed by atoms with Crippen LogP contribution in [0.4, 0.5) is 5.69 Å². The topological polar surface area (TPSA) is 82.4 Å². The molecule has 0 aliphatic carbocycles. The van der Waals surface area contributed by atoms with Gasteiger partial charge in [0.05, 0.1) is 24.2 Å². The van der Waals surface area contributed by atoms with Gasteiger partial charge in [-0.15, -0.1) is 0 Å². The van der Waals surface area contributed by atoms with Gasteiger partial charge in [0.2, 0.25) is 0 Å². The van der Waals surface area contributed by atoms with Crippen LogP contribution in [0.25, 0.3) is 5.69 Å². The molecular weight excluding hydrogens is 370 g/mol. The number of methoxy groups -OCH3 is 1. The van der Waals surface area contributed by atoms with Crippen molar-refractivity contribution in [2.75, 3.05) is 12.4 Å². The van der Waals surface area contributed by atoms with Crippen LogP contribution >= 0.6 is 0 Å². The number of aromatic nitrogens is 2. The van der Waals surface area contributed by atoms with Crippen molar-refractivity contribution in [3.05, 3.63) is 71.5 Å². The molecule has 29 heavy (non-hydrogen) atoms. The van der Waals surface area contributed by atoms with Crippen molar-refractivity contribution in [3.63, 3.8) is 0 Å². The van der Waals surface area contributed by atoms with Crippen molar-refractivity contribution in [1.29, 1.82) is 0 Å². The minimum absolute atomic E-state index is 0.359. The van der Waals surface area contributed by atoms with Gasteiger partial charge in [-0.05, 0) is 57.2 Å². The molecule has 7 nitrogen and oxygen atoms in total. The summed E-state index contributed by atoms with van der Waals surface area (Å²) in [7, 11) is 1.57. The number of anilines is 1. The predicted molar refractivity (Wildman–Crippen MR) is 110 cm³/mol. The zero-order valence-corrected chi connectivity index (χ0v) is 16.8. The Morgan fingerprint density at radius 2 is 1.69 bits per heavy atom. The molecule has 0 spiro atoms. The molecule has 1 atom stereocenters. The van der Waals surface area contributed by atoms with Crippen LogP contribution in [0.1, 0.15) is 28.7 Å². The number of esters is 1. The molecule has 0 aliphatic rings. The standard InChI is InChI=1S/C22H23N3O4/c1-14-20(15(2)25(24-14)18-8-6-5-7-9-18)22(27)29-16(3)21(26)23-17-10-12-19(28-4)13-11-17/h5-13,16H,1-4H3,(H,23,26)/t16-/m0/s1. The molecule has 0 fully saturated rings. The van der Waals surface area contributed by atoms with Gasteiger partial charge in [-0.2, -0.15) is 5.10 Å². The summed E-state index contributed by atoms with van der Waals surface area (Å²) in [6.07, 6.45) is -0.969. The molecule has 7 heteroatoms. The first kappa shape index (κ1) is 20.1. The van der Waals surface area contributed by atoms with E-state index in [2.05, 4.69) is 10.4 Å². The van der Waals surface area contributed by atoms with Crippen LogP contribution in [0, 0.1) is 13.8 Å². The second-order valence-electron chi connectivity index (χ2n) is 6.56. The number of nitrogens with zero attached hydrogens (tertiary/aromatic N) is 2. The highest BCUT2D eigenvalue weighted by Crippen LogP contribution is 2.20. The summed E-state index contributed by atoms with van der Waals surface area (Å²) in [5.74, 6) is -0.322. The number of benzene rings is 2. The fourth-order valence-electron chi connectivity index (χ4n) is 2.95. The molecule has 1 aromatic heterocycles. The number of rotatable bonds is 6. The average Bonchev–Trinajstić information content (AvgIpc) is 3.03. The SMILES string of the molecule is COc1ccc(NC(=O)[C@H](C)OC(=O)c2c(C)nn(-c3ccccc3)c2C)cc1. The first-order chi connectivity index (χ1) is 13.9. The highest BCUT2D eigenvalue weighted by atomic mass is 16.5. The van der Waals surface area contributed by atoms with Gasteiger partial charge >= 0.3 is 5.97 Å². The van der Waals surface area contributed by atoms with Crippen molar-refractivity contribution >= 4 is 17.6 Å². The maximum absolute atomic E-state index is 12.7. The van der Waals surface area contributed by atoms with Gasteiger partial charge in [-0.3, -0.25) is 4.79 Å². The number of para-hydroxylation sites is 1. The van der Waals surface area contributed by atoms with Crippen LogP contribution in [-0.4, -0.2) is 34.9 Å². The summed E-state index contributed by atoms with van der Waals surface area (Å²) in [5, 5.41) is 7.16. The quantitative estimate of drug-likeness (QED) is 0.646. The maximum Gasteiger partial charge on any atom is 0.342 e. The monoisotopic (exact) mass is 393 g/mol. The molecule has 1 amide bonds. The molecule has 0 bridgehead atoms. The third-order valence-electron chi connectivity index (χ3n) is 4.51. The first-order valence-electron chi connectivity index (χ1n) is 9.18. The van der Waals surface area contributed by atoms with Crippen LogP contribution in [0.3, 0.4) is 0 Å². The van der Waals surface area contributed by atoms with Gasteiger partial charge in [-0.25, -0.2) is 9.48 Å². The van der Waals surface area contributed by atoms with Crippen LogP contribution in [-0.2, 0) is 9.53 Å². The number of ether oxygens (including phenoxy) is 2. The smallest absolute Gasteiger partial charge is 0.342 e. The van der Waals surface area contributed by atoms with Crippen molar-refractivity contribution < 1.29 is 19.1 Å². The normalized spacial score (nSPS) is 11.6. The minimum atomic E-state index is -0.969. The minimum Gasteiger partial charge on any atom is -0.497 e. The molecule has 1 heterocycles. The third-order valence-corrected chi connectivity index (χ3v) is 4.51. The summed E-state index contributed by atoms with van der Waals surface area (Å²) < 4.78 is 12.2. The van der Waals surface area contributed by atoms with E-state index in [1.807, 2.05) is 30.3 Å². The number of carbonyl (C=O) groups is 2. The summed E-state index contributed by atoms with van der Waals surface area (Å²) in [5.41, 5.74) is 2.99. The molecule has 0 saturated heterocycles. The second kappa shape index (κ2) is 8.60. The molecule has 0 saturated carbocycles. The lowest BCUT2D eigenvalue weighted by atomic mass is 10.2. The molecule has 3 rings (SSSR count). The van der Waals surface area contributed by atoms with E-state index in [-0.39, 0.29) is 0 Å². The van der Waals surface area contributed by atoms with Crippen molar-refractivity contribution in [2.45, 2.75) is 26.9 Å². The molecule has 0 aliphatic heterocycles. The van der Waals surface area contributed by atoms with Gasteiger partial charge in [0, 0.05) is 5.69 Å². The van der Waals surface area contributed by atoms with E-state index < -0.39 is 18.0 Å². The lowest BCUT2D eigenvalue weighted by Crippen LogP contribution is -2.30. The van der Waals surface area contributed by atoms with Crippen LogP contribution in [0.5, 0.6) is 5.75 Å². The Morgan fingerprint density at radius 1 is 1.03 bits per heavy atom. The largest absolute Gasteiger partial charge is 0.497 e. The molecule has 2 aromatic carbocycles. The Morgan fingerprint density at radius 3 is 2.31 bits per heavy atom. The molecule has 0 unspecified atom stereocenters. The van der Waals surface area contributed by atoms with E-state index in [0.717, 1.165) is 5.69 Å². The summed E-state index contributed by atoms with van der Waals surface area (Å²) >= 11 is 0. The van der Waals surface area contributed by atoms with Crippen molar-refractivity contribution in [2.24, 2.45) is 0 Å². The number of nitrogens with one attached hydrogen (secondary N) is 1. The number of hydrogen-bond donors (Lipinski definition) is 1. The third kappa shape index (κ3) is 4.45. The molecule has 3 aromatic rings. The predicted octanol–water partition coefficient (Wildman–Crippen LogP) is 3.68. The van der Waals surface area contributed by atoms with E-state index in [1.165, 1.54) is 6.92 Å². The Balaban J connectivity index is 1.70. The molecule has 150 valence electrons. The fraction of sp³-hybridized carbons (Fsp3) is 0.227. The lowest BCUT2D eigenvalue weighted by Gasteiger charge is -2.14. The van der Waals surface area contributed by atoms with Gasteiger partial charge in [-0.1, -0.05) is 18.2 Å². The van der Waals surface area contributed by atoms with Gasteiger partial charge in [0.1, 0.15) is 11.3 Å². The second-order valence-corrected chi connectivity index (χ2v) is 6.56. The van der Waals surface area contributed by atoms with E-state index in [4.69, 9.17) is 9.47 Å². The Hall–Kier alpha value is -3.61. The molecule has 0 radical (unpaired) electrons. The van der Waals surface area contributed by atoms with E-state index >= 15 is 0 Å². The van der Waals surface area contributed by atoms with Gasteiger partial charge in [0.15, 0.2) is 6.10 Å². The van der Waals surface area contributed by atoms with E-state index in [0.29, 0.717) is 28.4 Å². The summed E-state index contributed by atoms with van der Waals surface area (Å²) in [4.78, 5) is 25.1. The maximum atomic E-state index is 12.7. The van der Waals surface area contributed by atoms with Crippen molar-refractivity contribution in [3.8, 4) is 11.4 Å². The Kier molecular flexibility index (Phi) is 5.97. The van der Waals surface area contributed by atoms with Gasteiger partial charge < -0.3 is 14.8 Å². The van der Waals surface area contributed by atoms with Crippen molar-refractivity contribution in [1.82, 2.24) is 9.78 Å². The first-order valence-corrected chi connectivity index (χ1v) is 9.18. The highest BCUT2D eigenvalue weighted by molar-refractivity contribution is 5.98. The highest BCUT2D eigenvalue weighted by Gasteiger charge is 2.25.